The number of carbonyl (C=O) groups is 1. The van der Waals surface area contributed by atoms with Crippen LogP contribution in [0.2, 0.25) is 0 Å². The normalized spacial score (nSPS) is 10.2. The second kappa shape index (κ2) is 8.67. The number of rotatable bonds is 7. The third kappa shape index (κ3) is 4.60. The van der Waals surface area contributed by atoms with Crippen LogP contribution < -0.4 is 14.8 Å². The van der Waals surface area contributed by atoms with Gasteiger partial charge in [0.25, 0.3) is 5.91 Å². The molecule has 0 aliphatic heterocycles. The van der Waals surface area contributed by atoms with Crippen molar-refractivity contribution in [1.29, 1.82) is 0 Å². The van der Waals surface area contributed by atoms with E-state index in [1.165, 1.54) is 0 Å². The molecule has 26 heavy (non-hydrogen) atoms. The van der Waals surface area contributed by atoms with E-state index in [1.54, 1.807) is 42.6 Å². The van der Waals surface area contributed by atoms with Gasteiger partial charge in [0.15, 0.2) is 11.6 Å². The summed E-state index contributed by atoms with van der Waals surface area (Å²) in [6.07, 6.45) is 1.61. The van der Waals surface area contributed by atoms with Crippen LogP contribution in [0, 0.1) is 0 Å². The molecule has 1 amide bonds. The average molecular weight is 348 g/mol. The first-order valence-electron chi connectivity index (χ1n) is 8.42. The number of nitrogens with one attached hydrogen (secondary N) is 1. The maximum Gasteiger partial charge on any atom is 0.256 e. The van der Waals surface area contributed by atoms with Gasteiger partial charge in [-0.1, -0.05) is 30.3 Å². The minimum absolute atomic E-state index is 0.251. The van der Waals surface area contributed by atoms with Gasteiger partial charge in [0.1, 0.15) is 12.4 Å². The number of anilines is 1. The van der Waals surface area contributed by atoms with Crippen molar-refractivity contribution in [2.24, 2.45) is 0 Å². The summed E-state index contributed by atoms with van der Waals surface area (Å²) in [5.41, 5.74) is 1.61. The Morgan fingerprint density at radius 2 is 1.73 bits per heavy atom. The number of hydrogen-bond acceptors (Lipinski definition) is 4. The van der Waals surface area contributed by atoms with Crippen LogP contribution in [0.25, 0.3) is 0 Å². The summed E-state index contributed by atoms with van der Waals surface area (Å²) in [6.45, 7) is 2.87. The van der Waals surface area contributed by atoms with E-state index in [2.05, 4.69) is 10.3 Å². The number of nitrogens with zero attached hydrogens (tertiary/aromatic N) is 1. The minimum Gasteiger partial charge on any atom is -0.490 e. The number of benzene rings is 2. The van der Waals surface area contributed by atoms with Gasteiger partial charge in [-0.15, -0.1) is 0 Å². The Labute approximate surface area is 152 Å². The molecular formula is C21H20N2O3. The van der Waals surface area contributed by atoms with Crippen LogP contribution in [0.4, 0.5) is 5.82 Å². The van der Waals surface area contributed by atoms with Gasteiger partial charge in [-0.2, -0.15) is 0 Å². The second-order valence-electron chi connectivity index (χ2n) is 5.54. The van der Waals surface area contributed by atoms with Crippen LogP contribution in [-0.4, -0.2) is 17.5 Å². The molecule has 5 nitrogen and oxygen atoms in total. The number of aromatic nitrogens is 1. The topological polar surface area (TPSA) is 60.5 Å². The zero-order valence-electron chi connectivity index (χ0n) is 14.5. The monoisotopic (exact) mass is 348 g/mol. The Bertz CT molecular complexity index is 849. The van der Waals surface area contributed by atoms with Gasteiger partial charge < -0.3 is 14.8 Å². The van der Waals surface area contributed by atoms with Crippen LogP contribution in [0.15, 0.2) is 72.9 Å². The molecule has 0 saturated carbocycles. The SMILES string of the molecule is CCOc1cccnc1NC(=O)c1ccc(OCc2ccccc2)cc1. The van der Waals surface area contributed by atoms with E-state index in [-0.39, 0.29) is 5.91 Å². The van der Waals surface area contributed by atoms with Crippen molar-refractivity contribution in [1.82, 2.24) is 4.98 Å². The average Bonchev–Trinajstić information content (AvgIpc) is 2.69. The standard InChI is InChI=1S/C21H20N2O3/c1-2-25-19-9-6-14-22-20(19)23-21(24)17-10-12-18(13-11-17)26-15-16-7-4-3-5-8-16/h3-14H,2,15H2,1H3,(H,22,23,24). The molecule has 0 spiro atoms. The summed E-state index contributed by atoms with van der Waals surface area (Å²) in [4.78, 5) is 16.6. The highest BCUT2D eigenvalue weighted by Crippen LogP contribution is 2.22. The van der Waals surface area contributed by atoms with E-state index in [0.29, 0.717) is 36.1 Å². The van der Waals surface area contributed by atoms with Gasteiger partial charge in [0.05, 0.1) is 6.61 Å². The Hall–Kier alpha value is -3.34. The highest BCUT2D eigenvalue weighted by Gasteiger charge is 2.11. The number of amides is 1. The maximum atomic E-state index is 12.4. The molecule has 3 rings (SSSR count). The summed E-state index contributed by atoms with van der Waals surface area (Å²) < 4.78 is 11.2. The smallest absolute Gasteiger partial charge is 0.256 e. The Kier molecular flexibility index (Phi) is 5.83. The van der Waals surface area contributed by atoms with Crippen molar-refractivity contribution in [2.45, 2.75) is 13.5 Å². The Morgan fingerprint density at radius 1 is 0.962 bits per heavy atom. The molecule has 1 N–H and O–H groups in total. The second-order valence-corrected chi connectivity index (χ2v) is 5.54. The largest absolute Gasteiger partial charge is 0.490 e. The van der Waals surface area contributed by atoms with E-state index < -0.39 is 0 Å². The van der Waals surface area contributed by atoms with Crippen molar-refractivity contribution >= 4 is 11.7 Å². The minimum atomic E-state index is -0.251. The quantitative estimate of drug-likeness (QED) is 0.691. The number of hydrogen-bond donors (Lipinski definition) is 1. The molecule has 0 bridgehead atoms. The summed E-state index contributed by atoms with van der Waals surface area (Å²) in [5, 5.41) is 2.77. The first-order chi connectivity index (χ1) is 12.8. The number of ether oxygens (including phenoxy) is 2. The van der Waals surface area contributed by atoms with Gasteiger partial charge in [-0.3, -0.25) is 4.79 Å². The van der Waals surface area contributed by atoms with Gasteiger partial charge >= 0.3 is 0 Å². The van der Waals surface area contributed by atoms with Crippen molar-refractivity contribution in [3.63, 3.8) is 0 Å². The molecule has 2 aromatic carbocycles. The highest BCUT2D eigenvalue weighted by atomic mass is 16.5. The van der Waals surface area contributed by atoms with Crippen molar-refractivity contribution in [3.05, 3.63) is 84.1 Å². The lowest BCUT2D eigenvalue weighted by molar-refractivity contribution is 0.102. The number of carbonyl (C=O) groups excluding carboxylic acids is 1. The van der Waals surface area contributed by atoms with E-state index in [1.807, 2.05) is 37.3 Å². The Balaban J connectivity index is 1.62. The molecule has 1 heterocycles. The molecule has 0 aliphatic carbocycles. The predicted molar refractivity (Wildman–Crippen MR) is 101 cm³/mol. The Morgan fingerprint density at radius 3 is 2.46 bits per heavy atom. The molecule has 0 atom stereocenters. The lowest BCUT2D eigenvalue weighted by Crippen LogP contribution is -2.14. The predicted octanol–water partition coefficient (Wildman–Crippen LogP) is 4.31. The van der Waals surface area contributed by atoms with Gasteiger partial charge in [0.2, 0.25) is 0 Å². The van der Waals surface area contributed by atoms with Crippen LogP contribution >= 0.6 is 0 Å². The van der Waals surface area contributed by atoms with Gasteiger partial charge in [0, 0.05) is 11.8 Å². The first-order valence-corrected chi connectivity index (χ1v) is 8.42. The van der Waals surface area contributed by atoms with E-state index in [4.69, 9.17) is 9.47 Å². The fraction of sp³-hybridized carbons (Fsp3) is 0.143. The molecule has 0 saturated heterocycles. The fourth-order valence-electron chi connectivity index (χ4n) is 2.38. The first kappa shape index (κ1) is 17.5. The molecule has 0 fully saturated rings. The molecule has 0 radical (unpaired) electrons. The van der Waals surface area contributed by atoms with E-state index >= 15 is 0 Å². The molecule has 1 aromatic heterocycles. The van der Waals surface area contributed by atoms with Crippen molar-refractivity contribution in [3.8, 4) is 11.5 Å². The fourth-order valence-corrected chi connectivity index (χ4v) is 2.38. The number of pyridine rings is 1. The molecule has 0 unspecified atom stereocenters. The zero-order chi connectivity index (χ0) is 18.2. The van der Waals surface area contributed by atoms with E-state index in [0.717, 1.165) is 5.56 Å². The zero-order valence-corrected chi connectivity index (χ0v) is 14.5. The molecular weight excluding hydrogens is 328 g/mol. The van der Waals surface area contributed by atoms with Crippen LogP contribution in [0.3, 0.4) is 0 Å². The summed E-state index contributed by atoms with van der Waals surface area (Å²) in [7, 11) is 0. The van der Waals surface area contributed by atoms with Crippen LogP contribution in [0.5, 0.6) is 11.5 Å². The highest BCUT2D eigenvalue weighted by molar-refractivity contribution is 6.04. The third-order valence-corrected chi connectivity index (χ3v) is 3.67. The summed E-state index contributed by atoms with van der Waals surface area (Å²) in [5.74, 6) is 1.41. The summed E-state index contributed by atoms with van der Waals surface area (Å²) >= 11 is 0. The third-order valence-electron chi connectivity index (χ3n) is 3.67. The molecule has 132 valence electrons. The van der Waals surface area contributed by atoms with Crippen LogP contribution in [-0.2, 0) is 6.61 Å². The van der Waals surface area contributed by atoms with E-state index in [9.17, 15) is 4.79 Å². The lowest BCUT2D eigenvalue weighted by Gasteiger charge is -2.10. The van der Waals surface area contributed by atoms with Crippen molar-refractivity contribution in [2.75, 3.05) is 11.9 Å². The van der Waals surface area contributed by atoms with Gasteiger partial charge in [-0.25, -0.2) is 4.98 Å². The maximum absolute atomic E-state index is 12.4. The summed E-state index contributed by atoms with van der Waals surface area (Å²) in [6, 6.07) is 20.5. The lowest BCUT2D eigenvalue weighted by atomic mass is 10.2. The van der Waals surface area contributed by atoms with Crippen LogP contribution in [0.1, 0.15) is 22.8 Å². The molecule has 0 aliphatic rings. The molecule has 3 aromatic rings. The van der Waals surface area contributed by atoms with Gasteiger partial charge in [-0.05, 0) is 48.9 Å². The van der Waals surface area contributed by atoms with Crippen molar-refractivity contribution < 1.29 is 14.3 Å². The molecule has 5 heteroatoms.